The number of benzene rings is 1. The van der Waals surface area contributed by atoms with Gasteiger partial charge in [0.2, 0.25) is 11.7 Å². The van der Waals surface area contributed by atoms with Gasteiger partial charge in [-0.2, -0.15) is 5.10 Å². The first kappa shape index (κ1) is 19.6. The quantitative estimate of drug-likeness (QED) is 0.309. The third-order valence-electron chi connectivity index (χ3n) is 4.69. The van der Waals surface area contributed by atoms with Crippen LogP contribution in [0.2, 0.25) is 0 Å². The van der Waals surface area contributed by atoms with Gasteiger partial charge in [-0.3, -0.25) is 19.7 Å². The summed E-state index contributed by atoms with van der Waals surface area (Å²) in [6.45, 7) is 4.74. The van der Waals surface area contributed by atoms with E-state index in [9.17, 15) is 24.5 Å². The molecule has 2 aliphatic rings. The largest absolute Gasteiger partial charge is 0.464 e. The Bertz CT molecular complexity index is 874. The first-order valence-electron chi connectivity index (χ1n) is 8.67. The van der Waals surface area contributed by atoms with Gasteiger partial charge in [0.05, 0.1) is 24.1 Å². The molecule has 3 rings (SSSR count). The van der Waals surface area contributed by atoms with Gasteiger partial charge in [0.25, 0.3) is 5.69 Å². The fourth-order valence-electron chi connectivity index (χ4n) is 3.10. The smallest absolute Gasteiger partial charge is 0.332 e. The monoisotopic (exact) mass is 389 g/mol. The highest BCUT2D eigenvalue weighted by Crippen LogP contribution is 2.38. The third-order valence-corrected chi connectivity index (χ3v) is 4.69. The van der Waals surface area contributed by atoms with E-state index in [2.05, 4.69) is 5.10 Å². The lowest BCUT2D eigenvalue weighted by molar-refractivity contribution is -0.384. The predicted octanol–water partition coefficient (Wildman–Crippen LogP) is 1.19. The van der Waals surface area contributed by atoms with Gasteiger partial charge in [0.15, 0.2) is 11.6 Å². The molecule has 0 spiro atoms. The van der Waals surface area contributed by atoms with Crippen molar-refractivity contribution in [3.8, 4) is 0 Å². The number of non-ortho nitro benzene ring substituents is 1. The van der Waals surface area contributed by atoms with Crippen molar-refractivity contribution in [2.45, 2.75) is 38.3 Å². The van der Waals surface area contributed by atoms with Crippen molar-refractivity contribution in [3.05, 3.63) is 39.9 Å². The number of carbonyl (C=O) groups is 3. The maximum absolute atomic E-state index is 12.9. The second kappa shape index (κ2) is 7.12. The predicted molar refractivity (Wildman–Crippen MR) is 95.6 cm³/mol. The van der Waals surface area contributed by atoms with Crippen LogP contribution in [-0.4, -0.2) is 58.2 Å². The molecule has 28 heavy (non-hydrogen) atoms. The van der Waals surface area contributed by atoms with Crippen LogP contribution in [0.25, 0.3) is 0 Å². The van der Waals surface area contributed by atoms with Crippen LogP contribution in [-0.2, 0) is 23.9 Å². The van der Waals surface area contributed by atoms with Gasteiger partial charge in [0.1, 0.15) is 5.71 Å². The van der Waals surface area contributed by atoms with E-state index in [4.69, 9.17) is 9.47 Å². The van der Waals surface area contributed by atoms with Crippen molar-refractivity contribution in [1.82, 2.24) is 5.01 Å². The number of hydrogen-bond donors (Lipinski definition) is 0. The zero-order chi connectivity index (χ0) is 20.6. The van der Waals surface area contributed by atoms with E-state index in [1.807, 2.05) is 0 Å². The normalized spacial score (nSPS) is 25.8. The van der Waals surface area contributed by atoms with Gasteiger partial charge in [-0.15, -0.1) is 0 Å². The van der Waals surface area contributed by atoms with E-state index >= 15 is 0 Å². The van der Waals surface area contributed by atoms with Crippen molar-refractivity contribution in [2.75, 3.05) is 13.2 Å². The number of epoxide rings is 1. The number of Topliss-reactive ketones (excluding diaryl/α,β-unsaturated/α-hetero) is 1. The molecule has 0 N–H and O–H groups in total. The van der Waals surface area contributed by atoms with Crippen molar-refractivity contribution in [2.24, 2.45) is 5.10 Å². The lowest BCUT2D eigenvalue weighted by Gasteiger charge is -2.24. The highest BCUT2D eigenvalue weighted by molar-refractivity contribution is 6.46. The Labute approximate surface area is 160 Å². The number of rotatable bonds is 6. The van der Waals surface area contributed by atoms with E-state index in [0.29, 0.717) is 5.56 Å². The Kier molecular flexibility index (Phi) is 4.99. The number of amides is 1. The average molecular weight is 389 g/mol. The standard InChI is InChI=1S/C18H19N3O7/c1-4-27-17(24)15-13(11-5-7-12(8-6-11)21(25)26)14(19-20(15)10(2)22)16(23)18(3)9-28-18/h5-8,13,15H,4,9H2,1-3H3. The van der Waals surface area contributed by atoms with Crippen LogP contribution in [0.1, 0.15) is 32.3 Å². The summed E-state index contributed by atoms with van der Waals surface area (Å²) in [5, 5.41) is 16.0. The lowest BCUT2D eigenvalue weighted by Crippen LogP contribution is -2.44. The minimum absolute atomic E-state index is 0.0119. The molecule has 2 aliphatic heterocycles. The summed E-state index contributed by atoms with van der Waals surface area (Å²) in [4.78, 5) is 48.0. The molecular weight excluding hydrogens is 370 g/mol. The Hall–Kier alpha value is -3.14. The molecule has 1 amide bonds. The summed E-state index contributed by atoms with van der Waals surface area (Å²) < 4.78 is 10.3. The number of esters is 1. The number of nitro groups is 1. The molecule has 3 unspecified atom stereocenters. The zero-order valence-corrected chi connectivity index (χ0v) is 15.6. The van der Waals surface area contributed by atoms with E-state index in [1.54, 1.807) is 13.8 Å². The molecule has 1 aromatic rings. The van der Waals surface area contributed by atoms with Crippen LogP contribution in [0, 0.1) is 10.1 Å². The Morgan fingerprint density at radius 3 is 2.43 bits per heavy atom. The number of ether oxygens (including phenoxy) is 2. The Morgan fingerprint density at radius 2 is 1.96 bits per heavy atom. The summed E-state index contributed by atoms with van der Waals surface area (Å²) in [5.41, 5.74) is -0.768. The highest BCUT2D eigenvalue weighted by Gasteiger charge is 2.56. The van der Waals surface area contributed by atoms with E-state index in [1.165, 1.54) is 31.2 Å². The highest BCUT2D eigenvalue weighted by atomic mass is 16.6. The Balaban J connectivity index is 2.08. The average Bonchev–Trinajstić information content (AvgIpc) is 3.28. The number of ketones is 1. The molecule has 1 aromatic carbocycles. The molecule has 1 fully saturated rings. The first-order chi connectivity index (χ1) is 13.2. The summed E-state index contributed by atoms with van der Waals surface area (Å²) in [6.07, 6.45) is 0. The van der Waals surface area contributed by atoms with Gasteiger partial charge in [-0.05, 0) is 19.4 Å². The molecule has 0 radical (unpaired) electrons. The second-order valence-electron chi connectivity index (χ2n) is 6.72. The van der Waals surface area contributed by atoms with Gasteiger partial charge in [-0.1, -0.05) is 12.1 Å². The maximum atomic E-state index is 12.9. The number of hydrazone groups is 1. The maximum Gasteiger partial charge on any atom is 0.332 e. The van der Waals surface area contributed by atoms with Gasteiger partial charge >= 0.3 is 5.97 Å². The number of hydrogen-bond acceptors (Lipinski definition) is 8. The van der Waals surface area contributed by atoms with Crippen LogP contribution >= 0.6 is 0 Å². The van der Waals surface area contributed by atoms with Crippen molar-refractivity contribution in [1.29, 1.82) is 0 Å². The number of carbonyl (C=O) groups excluding carboxylic acids is 3. The van der Waals surface area contributed by atoms with Crippen LogP contribution in [0.4, 0.5) is 5.69 Å². The van der Waals surface area contributed by atoms with Crippen LogP contribution in [0.3, 0.4) is 0 Å². The minimum Gasteiger partial charge on any atom is -0.464 e. The second-order valence-corrected chi connectivity index (χ2v) is 6.72. The summed E-state index contributed by atoms with van der Waals surface area (Å²) in [6, 6.07) is 4.24. The molecule has 3 atom stereocenters. The molecule has 0 aliphatic carbocycles. The van der Waals surface area contributed by atoms with Crippen molar-refractivity contribution >= 4 is 29.1 Å². The molecule has 0 bridgehead atoms. The molecule has 10 nitrogen and oxygen atoms in total. The number of nitrogens with zero attached hydrogens (tertiary/aromatic N) is 3. The summed E-state index contributed by atoms with van der Waals surface area (Å²) in [7, 11) is 0. The fourth-order valence-corrected chi connectivity index (χ4v) is 3.10. The third kappa shape index (κ3) is 3.38. The molecule has 148 valence electrons. The molecule has 1 saturated heterocycles. The molecule has 0 saturated carbocycles. The first-order valence-corrected chi connectivity index (χ1v) is 8.67. The van der Waals surface area contributed by atoms with Gasteiger partial charge < -0.3 is 9.47 Å². The topological polar surface area (TPSA) is 132 Å². The lowest BCUT2D eigenvalue weighted by atomic mass is 9.83. The molecule has 2 heterocycles. The minimum atomic E-state index is -1.18. The van der Waals surface area contributed by atoms with Crippen LogP contribution < -0.4 is 0 Å². The van der Waals surface area contributed by atoms with Crippen molar-refractivity contribution < 1.29 is 28.8 Å². The van der Waals surface area contributed by atoms with E-state index in [-0.39, 0.29) is 24.6 Å². The van der Waals surface area contributed by atoms with Crippen LogP contribution in [0.15, 0.2) is 29.4 Å². The van der Waals surface area contributed by atoms with Gasteiger partial charge in [-0.25, -0.2) is 9.80 Å². The molecule has 0 aromatic heterocycles. The molecule has 10 heteroatoms. The molecular formula is C18H19N3O7. The van der Waals surface area contributed by atoms with Crippen molar-refractivity contribution in [3.63, 3.8) is 0 Å². The summed E-state index contributed by atoms with van der Waals surface area (Å²) in [5.74, 6) is -2.60. The Morgan fingerprint density at radius 1 is 1.36 bits per heavy atom. The SMILES string of the molecule is CCOC(=O)C1C(c2ccc([N+](=O)[O-])cc2)C(C(=O)C2(C)CO2)=NN1C(C)=O. The van der Waals surface area contributed by atoms with E-state index < -0.39 is 40.1 Å². The van der Waals surface area contributed by atoms with E-state index in [0.717, 1.165) is 5.01 Å². The fraction of sp³-hybridized carbons (Fsp3) is 0.444. The zero-order valence-electron chi connectivity index (χ0n) is 15.6. The number of nitro benzene ring substituents is 1. The van der Waals surface area contributed by atoms with Gasteiger partial charge in [0, 0.05) is 19.1 Å². The summed E-state index contributed by atoms with van der Waals surface area (Å²) >= 11 is 0. The van der Waals surface area contributed by atoms with Crippen LogP contribution in [0.5, 0.6) is 0 Å².